The second-order valence-electron chi connectivity index (χ2n) is 8.97. The Morgan fingerprint density at radius 2 is 1.76 bits per heavy atom. The summed E-state index contributed by atoms with van der Waals surface area (Å²) in [5.41, 5.74) is 3.94. The minimum atomic E-state index is -0.394. The number of carbonyl (C=O) groups is 1. The van der Waals surface area contributed by atoms with Gasteiger partial charge in [-0.25, -0.2) is 4.79 Å². The fourth-order valence-electron chi connectivity index (χ4n) is 4.71. The van der Waals surface area contributed by atoms with E-state index in [1.807, 2.05) is 97.4 Å². The quantitative estimate of drug-likeness (QED) is 0.254. The van der Waals surface area contributed by atoms with E-state index in [4.69, 9.17) is 21.7 Å². The van der Waals surface area contributed by atoms with Gasteiger partial charge in [-0.3, -0.25) is 4.98 Å². The van der Waals surface area contributed by atoms with Gasteiger partial charge in [0.05, 0.1) is 36.2 Å². The number of carbonyl (C=O) groups excluding carboxylic acids is 1. The first-order valence-corrected chi connectivity index (χ1v) is 12.5. The molecule has 1 saturated heterocycles. The summed E-state index contributed by atoms with van der Waals surface area (Å²) in [4.78, 5) is 19.3. The molecule has 0 saturated carbocycles. The van der Waals surface area contributed by atoms with E-state index in [-0.39, 0.29) is 18.2 Å². The van der Waals surface area contributed by atoms with Crippen LogP contribution < -0.4 is 15.0 Å². The van der Waals surface area contributed by atoms with Crippen molar-refractivity contribution in [2.24, 2.45) is 0 Å². The molecule has 188 valence electrons. The molecule has 0 unspecified atom stereocenters. The zero-order valence-electron chi connectivity index (χ0n) is 20.9. The van der Waals surface area contributed by atoms with Crippen molar-refractivity contribution in [3.63, 3.8) is 0 Å². The molecule has 7 nitrogen and oxygen atoms in total. The predicted molar refractivity (Wildman–Crippen MR) is 147 cm³/mol. The summed E-state index contributed by atoms with van der Waals surface area (Å²) >= 11 is 5.87. The van der Waals surface area contributed by atoms with Gasteiger partial charge in [-0.15, -0.1) is 0 Å². The molecule has 2 aromatic carbocycles. The van der Waals surface area contributed by atoms with Crippen molar-refractivity contribution in [3.05, 3.63) is 108 Å². The molecule has 2 aromatic heterocycles. The molecule has 3 heterocycles. The molecule has 37 heavy (non-hydrogen) atoms. The Balaban J connectivity index is 1.64. The van der Waals surface area contributed by atoms with Gasteiger partial charge in [0.1, 0.15) is 11.8 Å². The van der Waals surface area contributed by atoms with E-state index in [0.29, 0.717) is 10.7 Å². The third kappa shape index (κ3) is 4.80. The minimum Gasteiger partial charge on any atom is -0.491 e. The fraction of sp³-hybridized carbons (Fsp3) is 0.207. The minimum absolute atomic E-state index is 0.0832. The van der Waals surface area contributed by atoms with Crippen LogP contribution in [0.2, 0.25) is 0 Å². The maximum atomic E-state index is 12.6. The number of methoxy groups -OCH3 is 1. The Morgan fingerprint density at radius 1 is 1.00 bits per heavy atom. The highest BCUT2D eigenvalue weighted by Crippen LogP contribution is 2.42. The number of thiocarbonyl (C=S) groups is 1. The summed E-state index contributed by atoms with van der Waals surface area (Å²) in [6.45, 7) is 4.00. The van der Waals surface area contributed by atoms with E-state index in [2.05, 4.69) is 15.2 Å². The van der Waals surface area contributed by atoms with E-state index >= 15 is 0 Å². The summed E-state index contributed by atoms with van der Waals surface area (Å²) in [6, 6.07) is 24.7. The second-order valence-corrected chi connectivity index (χ2v) is 9.36. The molecule has 0 amide bonds. The van der Waals surface area contributed by atoms with Gasteiger partial charge in [-0.05, 0) is 86.7 Å². The molecule has 1 aliphatic rings. The Kier molecular flexibility index (Phi) is 6.92. The molecule has 8 heteroatoms. The molecule has 2 atom stereocenters. The van der Waals surface area contributed by atoms with Gasteiger partial charge in [0, 0.05) is 23.8 Å². The Morgan fingerprint density at radius 3 is 2.46 bits per heavy atom. The monoisotopic (exact) mass is 512 g/mol. The van der Waals surface area contributed by atoms with Crippen LogP contribution in [0, 0.1) is 0 Å². The summed E-state index contributed by atoms with van der Waals surface area (Å²) in [5.74, 6) is 0.402. The highest BCUT2D eigenvalue weighted by Gasteiger charge is 2.42. The van der Waals surface area contributed by atoms with Crippen LogP contribution in [0.5, 0.6) is 5.75 Å². The summed E-state index contributed by atoms with van der Waals surface area (Å²) < 4.78 is 12.9. The van der Waals surface area contributed by atoms with Crippen molar-refractivity contribution in [2.75, 3.05) is 12.0 Å². The molecule has 1 fully saturated rings. The third-order valence-electron chi connectivity index (χ3n) is 6.24. The Hall–Kier alpha value is -4.17. The molecule has 4 aromatic rings. The lowest BCUT2D eigenvalue weighted by Gasteiger charge is -2.29. The van der Waals surface area contributed by atoms with Crippen LogP contribution in [-0.2, 0) is 4.74 Å². The summed E-state index contributed by atoms with van der Waals surface area (Å²) in [6.07, 6.45) is 3.81. The number of para-hydroxylation sites is 1. The Bertz CT molecular complexity index is 1400. The number of nitrogens with zero attached hydrogens (tertiary/aromatic N) is 3. The second kappa shape index (κ2) is 10.4. The molecule has 1 aliphatic heterocycles. The molecular weight excluding hydrogens is 484 g/mol. The van der Waals surface area contributed by atoms with Crippen molar-refractivity contribution in [2.45, 2.75) is 32.0 Å². The number of anilines is 1. The number of aromatic nitrogens is 2. The van der Waals surface area contributed by atoms with E-state index in [9.17, 15) is 4.79 Å². The average molecular weight is 513 g/mol. The van der Waals surface area contributed by atoms with Gasteiger partial charge >= 0.3 is 5.97 Å². The number of ether oxygens (including phenoxy) is 2. The lowest BCUT2D eigenvalue weighted by atomic mass is 10.0. The van der Waals surface area contributed by atoms with E-state index in [0.717, 1.165) is 28.5 Å². The number of hydrogen-bond acceptors (Lipinski definition) is 5. The number of esters is 1. The number of rotatable bonds is 7. The van der Waals surface area contributed by atoms with E-state index in [1.54, 1.807) is 12.3 Å². The maximum Gasteiger partial charge on any atom is 0.339 e. The lowest BCUT2D eigenvalue weighted by Crippen LogP contribution is -2.30. The van der Waals surface area contributed by atoms with Gasteiger partial charge in [-0.1, -0.05) is 18.2 Å². The smallest absolute Gasteiger partial charge is 0.339 e. The van der Waals surface area contributed by atoms with Crippen LogP contribution in [0.15, 0.2) is 91.3 Å². The van der Waals surface area contributed by atoms with Crippen molar-refractivity contribution in [1.29, 1.82) is 0 Å². The molecule has 0 bridgehead atoms. The van der Waals surface area contributed by atoms with Crippen molar-refractivity contribution < 1.29 is 14.3 Å². The molecule has 0 spiro atoms. The largest absolute Gasteiger partial charge is 0.491 e. The normalized spacial score (nSPS) is 17.1. The topological polar surface area (TPSA) is 68.6 Å². The van der Waals surface area contributed by atoms with Gasteiger partial charge < -0.3 is 24.3 Å². The van der Waals surface area contributed by atoms with Gasteiger partial charge in [0.2, 0.25) is 0 Å². The highest BCUT2D eigenvalue weighted by atomic mass is 32.1. The Labute approximate surface area is 221 Å². The molecule has 0 aliphatic carbocycles. The van der Waals surface area contributed by atoms with Crippen molar-refractivity contribution in [3.8, 4) is 11.4 Å². The summed E-state index contributed by atoms with van der Waals surface area (Å²) in [5, 5.41) is 4.08. The SMILES string of the molecule is COC(=O)c1ccccc1-n1cccc1[C@H]1[C@H](c2ccccn2)NC(=S)N1c1ccc(OC(C)C)cc1. The lowest BCUT2D eigenvalue weighted by molar-refractivity contribution is 0.0600. The number of hydrogen-bond donors (Lipinski definition) is 1. The van der Waals surface area contributed by atoms with Crippen molar-refractivity contribution >= 4 is 29.0 Å². The van der Waals surface area contributed by atoms with Gasteiger partial charge in [0.15, 0.2) is 5.11 Å². The van der Waals surface area contributed by atoms with Crippen LogP contribution in [0.3, 0.4) is 0 Å². The molecule has 5 rings (SSSR count). The first-order valence-electron chi connectivity index (χ1n) is 12.1. The van der Waals surface area contributed by atoms with E-state index in [1.165, 1.54) is 7.11 Å². The molecular formula is C29H28N4O3S. The van der Waals surface area contributed by atoms with E-state index < -0.39 is 5.97 Å². The number of pyridine rings is 1. The molecule has 1 N–H and O–H groups in total. The zero-order chi connectivity index (χ0) is 25.9. The highest BCUT2D eigenvalue weighted by molar-refractivity contribution is 7.80. The third-order valence-corrected chi connectivity index (χ3v) is 6.55. The first-order chi connectivity index (χ1) is 18.0. The van der Waals surface area contributed by atoms with Crippen LogP contribution in [0.25, 0.3) is 5.69 Å². The maximum absolute atomic E-state index is 12.6. The summed E-state index contributed by atoms with van der Waals surface area (Å²) in [7, 11) is 1.39. The average Bonchev–Trinajstić information content (AvgIpc) is 3.53. The van der Waals surface area contributed by atoms with Crippen LogP contribution in [0.1, 0.15) is 47.7 Å². The standard InChI is InChI=1S/C29H28N4O3S/c1-19(2)36-21-15-13-20(14-16-21)33-27(26(31-29(33)37)23-10-6-7-17-30-23)25-12-8-18-32(25)24-11-5-4-9-22(24)28(34)35-3/h4-19,26-27H,1-3H3,(H,31,37)/t26-,27-/m0/s1. The number of nitrogens with one attached hydrogen (secondary N) is 1. The first kappa shape index (κ1) is 24.5. The van der Waals surface area contributed by atoms with Crippen LogP contribution in [-0.4, -0.2) is 33.8 Å². The number of benzene rings is 2. The van der Waals surface area contributed by atoms with Gasteiger partial charge in [0.25, 0.3) is 0 Å². The zero-order valence-corrected chi connectivity index (χ0v) is 21.7. The molecule has 0 radical (unpaired) electrons. The van der Waals surface area contributed by atoms with Crippen LogP contribution in [0.4, 0.5) is 5.69 Å². The van der Waals surface area contributed by atoms with Gasteiger partial charge in [-0.2, -0.15) is 0 Å². The fourth-order valence-corrected chi connectivity index (χ4v) is 5.06. The predicted octanol–water partition coefficient (Wildman–Crippen LogP) is 5.62. The van der Waals surface area contributed by atoms with Crippen LogP contribution >= 0.6 is 12.2 Å². The van der Waals surface area contributed by atoms with Crippen molar-refractivity contribution in [1.82, 2.24) is 14.9 Å².